The lowest BCUT2D eigenvalue weighted by Gasteiger charge is -2.10. The van der Waals surface area contributed by atoms with Crippen molar-refractivity contribution in [2.45, 2.75) is 0 Å². The third-order valence-corrected chi connectivity index (χ3v) is 10.1. The molecule has 3 heterocycles. The first-order valence-electron chi connectivity index (χ1n) is 17.3. The SMILES string of the molecule is c1ccc(-c2nc(-c3ccc4ccc5ccccc5c4c3)nc(-c3cccc4oc5cc(-c6cccc7c6oc6ccccc67)ccc5c34)n2)cc1. The zero-order valence-electron chi connectivity index (χ0n) is 27.7. The molecule has 3 aromatic heterocycles. The normalized spacial score (nSPS) is 11.8. The van der Waals surface area contributed by atoms with Gasteiger partial charge in [-0.2, -0.15) is 0 Å². The Morgan fingerprint density at radius 2 is 0.981 bits per heavy atom. The largest absolute Gasteiger partial charge is 0.456 e. The van der Waals surface area contributed by atoms with Crippen molar-refractivity contribution in [3.8, 4) is 45.3 Å². The highest BCUT2D eigenvalue weighted by atomic mass is 16.3. The van der Waals surface area contributed by atoms with Crippen LogP contribution in [-0.4, -0.2) is 15.0 Å². The van der Waals surface area contributed by atoms with Crippen molar-refractivity contribution in [3.63, 3.8) is 0 Å². The standard InChI is InChI=1S/C47H27N3O2/c1-2-11-30(12-3-1)45-48-46(32-23-22-29-21-20-28-10-4-5-13-33(28)39(29)26-32)50-47(49-45)38-17-9-19-41-43(38)37-25-24-31(27-42(37)51-41)34-15-8-16-36-35-14-6-7-18-40(35)52-44(34)36/h1-27H. The summed E-state index contributed by atoms with van der Waals surface area (Å²) < 4.78 is 12.9. The van der Waals surface area contributed by atoms with E-state index in [1.54, 1.807) is 0 Å². The van der Waals surface area contributed by atoms with E-state index in [2.05, 4.69) is 103 Å². The van der Waals surface area contributed by atoms with Gasteiger partial charge in [-0.15, -0.1) is 0 Å². The molecular weight excluding hydrogens is 639 g/mol. The third-order valence-electron chi connectivity index (χ3n) is 10.1. The van der Waals surface area contributed by atoms with Crippen molar-refractivity contribution in [3.05, 3.63) is 164 Å². The lowest BCUT2D eigenvalue weighted by molar-refractivity contribution is 0.668. The van der Waals surface area contributed by atoms with Crippen LogP contribution < -0.4 is 0 Å². The highest BCUT2D eigenvalue weighted by Crippen LogP contribution is 2.41. The van der Waals surface area contributed by atoms with Gasteiger partial charge in [-0.1, -0.05) is 133 Å². The Labute approximate surface area is 297 Å². The molecule has 0 amide bonds. The van der Waals surface area contributed by atoms with Gasteiger partial charge in [-0.3, -0.25) is 0 Å². The molecule has 5 nitrogen and oxygen atoms in total. The summed E-state index contributed by atoms with van der Waals surface area (Å²) in [6, 6.07) is 56.3. The number of aromatic nitrogens is 3. The zero-order valence-corrected chi connectivity index (χ0v) is 27.7. The van der Waals surface area contributed by atoms with Gasteiger partial charge in [-0.05, 0) is 57.4 Å². The number of hydrogen-bond acceptors (Lipinski definition) is 5. The fourth-order valence-corrected chi connectivity index (χ4v) is 7.64. The summed E-state index contributed by atoms with van der Waals surface area (Å²) in [5.74, 6) is 1.82. The van der Waals surface area contributed by atoms with E-state index in [-0.39, 0.29) is 0 Å². The van der Waals surface area contributed by atoms with Gasteiger partial charge in [0.05, 0.1) is 0 Å². The first kappa shape index (κ1) is 28.7. The maximum absolute atomic E-state index is 6.56. The number of fused-ring (bicyclic) bond motifs is 9. The number of nitrogens with zero attached hydrogens (tertiary/aromatic N) is 3. The van der Waals surface area contributed by atoms with Crippen molar-refractivity contribution in [2.24, 2.45) is 0 Å². The lowest BCUT2D eigenvalue weighted by Crippen LogP contribution is -2.00. The molecule has 0 aliphatic rings. The van der Waals surface area contributed by atoms with Crippen LogP contribution in [0, 0.1) is 0 Å². The molecule has 0 fully saturated rings. The van der Waals surface area contributed by atoms with Gasteiger partial charge in [0.25, 0.3) is 0 Å². The summed E-state index contributed by atoms with van der Waals surface area (Å²) >= 11 is 0. The summed E-state index contributed by atoms with van der Waals surface area (Å²) in [5, 5.41) is 8.89. The topological polar surface area (TPSA) is 65.0 Å². The number of rotatable bonds is 4. The van der Waals surface area contributed by atoms with Crippen molar-refractivity contribution >= 4 is 65.4 Å². The van der Waals surface area contributed by atoms with Crippen LogP contribution in [0.1, 0.15) is 0 Å². The average molecular weight is 666 g/mol. The van der Waals surface area contributed by atoms with E-state index in [0.29, 0.717) is 17.5 Å². The summed E-state index contributed by atoms with van der Waals surface area (Å²) in [6.07, 6.45) is 0. The van der Waals surface area contributed by atoms with Crippen LogP contribution in [-0.2, 0) is 0 Å². The molecular formula is C47H27N3O2. The molecule has 5 heteroatoms. The molecule has 0 saturated carbocycles. The fourth-order valence-electron chi connectivity index (χ4n) is 7.64. The van der Waals surface area contributed by atoms with Crippen molar-refractivity contribution < 1.29 is 8.83 Å². The highest BCUT2D eigenvalue weighted by Gasteiger charge is 2.19. The molecule has 0 spiro atoms. The minimum Gasteiger partial charge on any atom is -0.456 e. The number of furan rings is 2. The second-order valence-electron chi connectivity index (χ2n) is 13.2. The first-order valence-corrected chi connectivity index (χ1v) is 17.3. The molecule has 11 rings (SSSR count). The lowest BCUT2D eigenvalue weighted by atomic mass is 9.99. The second-order valence-corrected chi connectivity index (χ2v) is 13.2. The summed E-state index contributed by atoms with van der Waals surface area (Å²) in [4.78, 5) is 15.3. The van der Waals surface area contributed by atoms with Crippen molar-refractivity contribution in [1.82, 2.24) is 15.0 Å². The van der Waals surface area contributed by atoms with Crippen LogP contribution in [0.15, 0.2) is 173 Å². The predicted octanol–water partition coefficient (Wildman–Crippen LogP) is 12.6. The Kier molecular flexibility index (Phi) is 6.18. The molecule has 0 bridgehead atoms. The summed E-state index contributed by atoms with van der Waals surface area (Å²) in [7, 11) is 0. The maximum atomic E-state index is 6.56. The highest BCUT2D eigenvalue weighted by molar-refractivity contribution is 6.14. The molecule has 0 N–H and O–H groups in total. The maximum Gasteiger partial charge on any atom is 0.164 e. The van der Waals surface area contributed by atoms with Gasteiger partial charge in [0.2, 0.25) is 0 Å². The number of hydrogen-bond donors (Lipinski definition) is 0. The molecule has 0 aliphatic heterocycles. The van der Waals surface area contributed by atoms with E-state index in [1.807, 2.05) is 60.7 Å². The minimum atomic E-state index is 0.589. The van der Waals surface area contributed by atoms with E-state index < -0.39 is 0 Å². The quantitative estimate of drug-likeness (QED) is 0.175. The predicted molar refractivity (Wildman–Crippen MR) is 211 cm³/mol. The smallest absolute Gasteiger partial charge is 0.164 e. The Morgan fingerprint density at radius 3 is 1.88 bits per heavy atom. The van der Waals surface area contributed by atoms with Gasteiger partial charge in [0.1, 0.15) is 22.3 Å². The minimum absolute atomic E-state index is 0.589. The summed E-state index contributed by atoms with van der Waals surface area (Å²) in [6.45, 7) is 0. The van der Waals surface area contributed by atoms with Gasteiger partial charge in [-0.25, -0.2) is 15.0 Å². The molecule has 52 heavy (non-hydrogen) atoms. The Hall–Kier alpha value is -7.11. The van der Waals surface area contributed by atoms with Crippen LogP contribution in [0.2, 0.25) is 0 Å². The Balaban J connectivity index is 1.10. The van der Waals surface area contributed by atoms with Gasteiger partial charge in [0, 0.05) is 43.8 Å². The average Bonchev–Trinajstić information content (AvgIpc) is 3.79. The molecule has 11 aromatic rings. The van der Waals surface area contributed by atoms with Gasteiger partial charge in [0.15, 0.2) is 17.5 Å². The van der Waals surface area contributed by atoms with Crippen molar-refractivity contribution in [2.75, 3.05) is 0 Å². The monoisotopic (exact) mass is 665 g/mol. The van der Waals surface area contributed by atoms with Gasteiger partial charge < -0.3 is 8.83 Å². The van der Waals surface area contributed by atoms with Crippen LogP contribution in [0.3, 0.4) is 0 Å². The van der Waals surface area contributed by atoms with E-state index in [1.165, 1.54) is 16.2 Å². The second kappa shape index (κ2) is 11.2. The molecule has 0 unspecified atom stereocenters. The Morgan fingerprint density at radius 1 is 0.327 bits per heavy atom. The van der Waals surface area contributed by atoms with Crippen LogP contribution >= 0.6 is 0 Å². The van der Waals surface area contributed by atoms with E-state index >= 15 is 0 Å². The van der Waals surface area contributed by atoms with Crippen molar-refractivity contribution in [1.29, 1.82) is 0 Å². The van der Waals surface area contributed by atoms with E-state index in [9.17, 15) is 0 Å². The summed E-state index contributed by atoms with van der Waals surface area (Å²) in [5.41, 5.74) is 8.08. The molecule has 242 valence electrons. The fraction of sp³-hybridized carbons (Fsp3) is 0. The van der Waals surface area contributed by atoms with Crippen LogP contribution in [0.25, 0.3) is 111 Å². The molecule has 0 aliphatic carbocycles. The molecule has 0 atom stereocenters. The molecule has 8 aromatic carbocycles. The van der Waals surface area contributed by atoms with Crippen LogP contribution in [0.4, 0.5) is 0 Å². The van der Waals surface area contributed by atoms with Crippen LogP contribution in [0.5, 0.6) is 0 Å². The number of para-hydroxylation sites is 2. The third kappa shape index (κ3) is 4.46. The molecule has 0 saturated heterocycles. The first-order chi connectivity index (χ1) is 25.7. The Bertz CT molecular complexity index is 3190. The van der Waals surface area contributed by atoms with E-state index in [0.717, 1.165) is 77.1 Å². The zero-order chi connectivity index (χ0) is 34.2. The number of benzene rings is 8. The molecule has 0 radical (unpaired) electrons. The van der Waals surface area contributed by atoms with Gasteiger partial charge >= 0.3 is 0 Å². The van der Waals surface area contributed by atoms with E-state index in [4.69, 9.17) is 23.8 Å².